The standard InChI is InChI=1S/C15H30N2O2/c1-12(14(18)16-10-7-11-19-4)17-13-8-5-6-9-15(13,2)3/h12-13,17H,5-11H2,1-4H3,(H,16,18). The lowest BCUT2D eigenvalue weighted by atomic mass is 9.73. The Morgan fingerprint density at radius 2 is 2.16 bits per heavy atom. The van der Waals surface area contributed by atoms with E-state index < -0.39 is 0 Å². The molecule has 1 saturated carbocycles. The SMILES string of the molecule is COCCCNC(=O)C(C)NC1CCCCC1(C)C. The van der Waals surface area contributed by atoms with Crippen molar-refractivity contribution in [3.05, 3.63) is 0 Å². The Kier molecular flexibility index (Phi) is 6.80. The van der Waals surface area contributed by atoms with Crippen molar-refractivity contribution >= 4 is 5.91 Å². The summed E-state index contributed by atoms with van der Waals surface area (Å²) in [4.78, 5) is 12.0. The van der Waals surface area contributed by atoms with Crippen molar-refractivity contribution in [1.82, 2.24) is 10.6 Å². The normalized spacial score (nSPS) is 23.9. The average Bonchev–Trinajstić information content (AvgIpc) is 2.36. The van der Waals surface area contributed by atoms with Crippen LogP contribution in [-0.2, 0) is 9.53 Å². The second-order valence-corrected chi connectivity index (χ2v) is 6.31. The van der Waals surface area contributed by atoms with Gasteiger partial charge in [0.2, 0.25) is 5.91 Å². The number of hydrogen-bond acceptors (Lipinski definition) is 3. The molecule has 1 rings (SSSR count). The maximum absolute atomic E-state index is 12.0. The zero-order chi connectivity index (χ0) is 14.3. The molecule has 4 nitrogen and oxygen atoms in total. The molecule has 0 heterocycles. The average molecular weight is 270 g/mol. The van der Waals surface area contributed by atoms with Gasteiger partial charge in [0.15, 0.2) is 0 Å². The number of nitrogens with one attached hydrogen (secondary N) is 2. The number of carbonyl (C=O) groups is 1. The van der Waals surface area contributed by atoms with Gasteiger partial charge >= 0.3 is 0 Å². The van der Waals surface area contributed by atoms with E-state index in [1.165, 1.54) is 25.7 Å². The van der Waals surface area contributed by atoms with Gasteiger partial charge in [-0.1, -0.05) is 26.7 Å². The summed E-state index contributed by atoms with van der Waals surface area (Å²) in [6.07, 6.45) is 5.86. The summed E-state index contributed by atoms with van der Waals surface area (Å²) >= 11 is 0. The number of hydrogen-bond donors (Lipinski definition) is 2. The molecule has 0 aromatic heterocycles. The van der Waals surface area contributed by atoms with Crippen LogP contribution in [0.4, 0.5) is 0 Å². The van der Waals surface area contributed by atoms with E-state index in [1.54, 1.807) is 7.11 Å². The highest BCUT2D eigenvalue weighted by Crippen LogP contribution is 2.35. The zero-order valence-electron chi connectivity index (χ0n) is 12.9. The van der Waals surface area contributed by atoms with E-state index in [9.17, 15) is 4.79 Å². The molecule has 2 atom stereocenters. The second kappa shape index (κ2) is 7.85. The molecule has 0 aromatic rings. The molecular formula is C15H30N2O2. The van der Waals surface area contributed by atoms with E-state index in [0.717, 1.165) is 6.42 Å². The topological polar surface area (TPSA) is 50.4 Å². The van der Waals surface area contributed by atoms with Crippen LogP contribution in [0.5, 0.6) is 0 Å². The molecule has 0 bridgehead atoms. The molecular weight excluding hydrogens is 240 g/mol. The van der Waals surface area contributed by atoms with Gasteiger partial charge in [-0.25, -0.2) is 0 Å². The highest BCUT2D eigenvalue weighted by molar-refractivity contribution is 5.81. The number of carbonyl (C=O) groups excluding carboxylic acids is 1. The first-order valence-corrected chi connectivity index (χ1v) is 7.50. The fourth-order valence-electron chi connectivity index (χ4n) is 2.76. The Bertz CT molecular complexity index is 279. The van der Waals surface area contributed by atoms with E-state index in [0.29, 0.717) is 24.6 Å². The van der Waals surface area contributed by atoms with Crippen molar-refractivity contribution in [3.8, 4) is 0 Å². The highest BCUT2D eigenvalue weighted by Gasteiger charge is 2.33. The highest BCUT2D eigenvalue weighted by atomic mass is 16.5. The number of rotatable bonds is 7. The molecule has 1 fully saturated rings. The fraction of sp³-hybridized carbons (Fsp3) is 0.933. The van der Waals surface area contributed by atoms with Crippen molar-refractivity contribution in [2.24, 2.45) is 5.41 Å². The van der Waals surface area contributed by atoms with Crippen LogP contribution in [0.3, 0.4) is 0 Å². The zero-order valence-corrected chi connectivity index (χ0v) is 12.9. The molecule has 0 aliphatic heterocycles. The third kappa shape index (κ3) is 5.49. The van der Waals surface area contributed by atoms with Crippen LogP contribution in [0.15, 0.2) is 0 Å². The third-order valence-corrected chi connectivity index (χ3v) is 4.18. The Hall–Kier alpha value is -0.610. The molecule has 19 heavy (non-hydrogen) atoms. The predicted octanol–water partition coefficient (Wildman–Crippen LogP) is 2.09. The maximum atomic E-state index is 12.0. The van der Waals surface area contributed by atoms with Crippen LogP contribution in [0.25, 0.3) is 0 Å². The fourth-order valence-corrected chi connectivity index (χ4v) is 2.76. The van der Waals surface area contributed by atoms with Crippen molar-refractivity contribution in [2.45, 2.75) is 65.0 Å². The maximum Gasteiger partial charge on any atom is 0.236 e. The van der Waals surface area contributed by atoms with Crippen LogP contribution in [-0.4, -0.2) is 38.3 Å². The van der Waals surface area contributed by atoms with Gasteiger partial charge in [0, 0.05) is 26.3 Å². The lowest BCUT2D eigenvalue weighted by Crippen LogP contribution is -2.52. The molecule has 2 N–H and O–H groups in total. The lowest BCUT2D eigenvalue weighted by molar-refractivity contribution is -0.123. The Morgan fingerprint density at radius 3 is 2.79 bits per heavy atom. The summed E-state index contributed by atoms with van der Waals surface area (Å²) in [6.45, 7) is 7.93. The largest absolute Gasteiger partial charge is 0.385 e. The molecule has 112 valence electrons. The predicted molar refractivity (Wildman–Crippen MR) is 78.1 cm³/mol. The number of methoxy groups -OCH3 is 1. The van der Waals surface area contributed by atoms with Crippen LogP contribution in [0, 0.1) is 5.41 Å². The van der Waals surface area contributed by atoms with Gasteiger partial charge in [0.1, 0.15) is 0 Å². The molecule has 2 unspecified atom stereocenters. The van der Waals surface area contributed by atoms with E-state index in [1.807, 2.05) is 6.92 Å². The van der Waals surface area contributed by atoms with Gasteiger partial charge in [-0.15, -0.1) is 0 Å². The third-order valence-electron chi connectivity index (χ3n) is 4.18. The first kappa shape index (κ1) is 16.4. The molecule has 1 aliphatic carbocycles. The quantitative estimate of drug-likeness (QED) is 0.696. The van der Waals surface area contributed by atoms with E-state index >= 15 is 0 Å². The first-order valence-electron chi connectivity index (χ1n) is 7.50. The van der Waals surface area contributed by atoms with Gasteiger partial charge in [-0.3, -0.25) is 4.79 Å². The van der Waals surface area contributed by atoms with Gasteiger partial charge in [-0.05, 0) is 31.6 Å². The second-order valence-electron chi connectivity index (χ2n) is 6.31. The summed E-state index contributed by atoms with van der Waals surface area (Å²) in [5.74, 6) is 0.0949. The smallest absolute Gasteiger partial charge is 0.236 e. The number of amides is 1. The molecule has 0 radical (unpaired) electrons. The molecule has 4 heteroatoms. The van der Waals surface area contributed by atoms with E-state index in [2.05, 4.69) is 24.5 Å². The summed E-state index contributed by atoms with van der Waals surface area (Å²) in [5, 5.41) is 6.46. The minimum Gasteiger partial charge on any atom is -0.385 e. The Morgan fingerprint density at radius 1 is 1.42 bits per heavy atom. The van der Waals surface area contributed by atoms with Gasteiger partial charge in [0.05, 0.1) is 6.04 Å². The van der Waals surface area contributed by atoms with Crippen LogP contribution >= 0.6 is 0 Å². The van der Waals surface area contributed by atoms with E-state index in [4.69, 9.17) is 4.74 Å². The molecule has 1 amide bonds. The lowest BCUT2D eigenvalue weighted by Gasteiger charge is -2.40. The van der Waals surface area contributed by atoms with Crippen molar-refractivity contribution in [2.75, 3.05) is 20.3 Å². The molecule has 0 aromatic carbocycles. The van der Waals surface area contributed by atoms with Gasteiger partial charge < -0.3 is 15.4 Å². The van der Waals surface area contributed by atoms with Crippen LogP contribution in [0.2, 0.25) is 0 Å². The van der Waals surface area contributed by atoms with Crippen LogP contribution in [0.1, 0.15) is 52.9 Å². The summed E-state index contributed by atoms with van der Waals surface area (Å²) in [7, 11) is 1.68. The summed E-state index contributed by atoms with van der Waals surface area (Å²) in [6, 6.07) is 0.325. The Balaban J connectivity index is 2.32. The van der Waals surface area contributed by atoms with Crippen molar-refractivity contribution < 1.29 is 9.53 Å². The minimum atomic E-state index is -0.120. The monoisotopic (exact) mass is 270 g/mol. The van der Waals surface area contributed by atoms with Gasteiger partial charge in [-0.2, -0.15) is 0 Å². The van der Waals surface area contributed by atoms with Crippen LogP contribution < -0.4 is 10.6 Å². The molecule has 0 spiro atoms. The minimum absolute atomic E-state index is 0.0949. The summed E-state index contributed by atoms with van der Waals surface area (Å²) in [5.41, 5.74) is 0.294. The van der Waals surface area contributed by atoms with E-state index in [-0.39, 0.29) is 11.9 Å². The van der Waals surface area contributed by atoms with Crippen molar-refractivity contribution in [1.29, 1.82) is 0 Å². The number of ether oxygens (including phenoxy) is 1. The first-order chi connectivity index (χ1) is 8.97. The molecule has 1 aliphatic rings. The Labute approximate surface area is 117 Å². The van der Waals surface area contributed by atoms with Crippen molar-refractivity contribution in [3.63, 3.8) is 0 Å². The molecule has 0 saturated heterocycles. The summed E-state index contributed by atoms with van der Waals surface area (Å²) < 4.78 is 4.97. The van der Waals surface area contributed by atoms with Gasteiger partial charge in [0.25, 0.3) is 0 Å².